The lowest BCUT2D eigenvalue weighted by atomic mass is 9.85. The molecule has 0 saturated heterocycles. The topological polar surface area (TPSA) is 49.3 Å². The van der Waals surface area contributed by atoms with Crippen LogP contribution in [0, 0.1) is 11.7 Å². The molecule has 1 fully saturated rings. The highest BCUT2D eigenvalue weighted by Gasteiger charge is 2.27. The van der Waals surface area contributed by atoms with Crippen LogP contribution in [-0.4, -0.2) is 17.1 Å². The Morgan fingerprint density at radius 1 is 1.44 bits per heavy atom. The average molecular weight is 316 g/mol. The Labute approximate surface area is 114 Å². The molecule has 1 aliphatic carbocycles. The highest BCUT2D eigenvalue weighted by atomic mass is 79.9. The van der Waals surface area contributed by atoms with E-state index >= 15 is 0 Å². The van der Waals surface area contributed by atoms with Crippen molar-refractivity contribution in [2.75, 3.05) is 5.32 Å². The largest absolute Gasteiger partial charge is 0.481 e. The molecule has 5 heteroatoms. The molecule has 1 aromatic carbocycles. The number of hydrogen-bond donors (Lipinski definition) is 2. The summed E-state index contributed by atoms with van der Waals surface area (Å²) in [5.74, 6) is -1.38. The van der Waals surface area contributed by atoms with Crippen LogP contribution in [0.25, 0.3) is 0 Å². The van der Waals surface area contributed by atoms with Crippen molar-refractivity contribution in [3.05, 3.63) is 28.5 Å². The molecule has 2 N–H and O–H groups in total. The second-order valence-electron chi connectivity index (χ2n) is 4.67. The van der Waals surface area contributed by atoms with Crippen molar-refractivity contribution in [2.45, 2.75) is 31.7 Å². The lowest BCUT2D eigenvalue weighted by Crippen LogP contribution is -2.31. The summed E-state index contributed by atoms with van der Waals surface area (Å²) in [7, 11) is 0. The first-order valence-corrected chi connectivity index (χ1v) is 6.80. The summed E-state index contributed by atoms with van der Waals surface area (Å²) in [6, 6.07) is 4.74. The summed E-state index contributed by atoms with van der Waals surface area (Å²) in [4.78, 5) is 11.0. The minimum Gasteiger partial charge on any atom is -0.481 e. The molecule has 0 spiro atoms. The quantitative estimate of drug-likeness (QED) is 0.895. The normalized spacial score (nSPS) is 23.7. The zero-order valence-electron chi connectivity index (χ0n) is 9.83. The van der Waals surface area contributed by atoms with E-state index in [2.05, 4.69) is 21.2 Å². The van der Waals surface area contributed by atoms with Crippen LogP contribution >= 0.6 is 15.9 Å². The van der Waals surface area contributed by atoms with Gasteiger partial charge in [-0.2, -0.15) is 0 Å². The van der Waals surface area contributed by atoms with E-state index in [-0.39, 0.29) is 17.8 Å². The third-order valence-corrected chi connectivity index (χ3v) is 3.80. The van der Waals surface area contributed by atoms with Crippen LogP contribution in [0.2, 0.25) is 0 Å². The van der Waals surface area contributed by atoms with Crippen LogP contribution in [0.15, 0.2) is 22.7 Å². The minimum atomic E-state index is -0.754. The summed E-state index contributed by atoms with van der Waals surface area (Å²) in [5.41, 5.74) is 0.431. The van der Waals surface area contributed by atoms with Gasteiger partial charge in [-0.3, -0.25) is 4.79 Å². The van der Waals surface area contributed by atoms with Crippen molar-refractivity contribution in [2.24, 2.45) is 5.92 Å². The maximum absolute atomic E-state index is 13.6. The molecule has 2 rings (SSSR count). The van der Waals surface area contributed by atoms with Crippen LogP contribution in [0.5, 0.6) is 0 Å². The van der Waals surface area contributed by atoms with Gasteiger partial charge < -0.3 is 10.4 Å². The molecule has 18 heavy (non-hydrogen) atoms. The van der Waals surface area contributed by atoms with Gasteiger partial charge in [0.05, 0.1) is 11.6 Å². The van der Waals surface area contributed by atoms with Crippen molar-refractivity contribution in [3.63, 3.8) is 0 Å². The number of halogens is 2. The van der Waals surface area contributed by atoms with E-state index in [4.69, 9.17) is 5.11 Å². The molecule has 0 heterocycles. The van der Waals surface area contributed by atoms with Gasteiger partial charge in [-0.05, 0) is 37.5 Å². The van der Waals surface area contributed by atoms with E-state index in [0.717, 1.165) is 17.3 Å². The Kier molecular flexibility index (Phi) is 4.22. The molecule has 0 aliphatic heterocycles. The molecule has 0 bridgehead atoms. The van der Waals surface area contributed by atoms with Crippen LogP contribution in [0.3, 0.4) is 0 Å². The number of rotatable bonds is 3. The van der Waals surface area contributed by atoms with Crippen LogP contribution in [0.1, 0.15) is 25.7 Å². The summed E-state index contributed by atoms with van der Waals surface area (Å²) in [6.45, 7) is 0. The second kappa shape index (κ2) is 5.69. The standard InChI is InChI=1S/C13H15BrFNO2/c14-9-4-5-11(15)12(7-9)16-10-3-1-2-8(6-10)13(17)18/h4-5,7-8,10,16H,1-3,6H2,(H,17,18). The van der Waals surface area contributed by atoms with Crippen molar-refractivity contribution >= 4 is 27.6 Å². The molecule has 98 valence electrons. The Hall–Kier alpha value is -1.10. The van der Waals surface area contributed by atoms with E-state index in [1.165, 1.54) is 6.07 Å². The number of hydrogen-bond acceptors (Lipinski definition) is 2. The third kappa shape index (κ3) is 3.22. The predicted octanol–water partition coefficient (Wildman–Crippen LogP) is 3.64. The van der Waals surface area contributed by atoms with E-state index < -0.39 is 5.97 Å². The number of carbonyl (C=O) groups is 1. The fourth-order valence-electron chi connectivity index (χ4n) is 2.37. The molecule has 0 radical (unpaired) electrons. The zero-order chi connectivity index (χ0) is 13.1. The predicted molar refractivity (Wildman–Crippen MR) is 71.1 cm³/mol. The Balaban J connectivity index is 2.04. The molecule has 3 nitrogen and oxygen atoms in total. The monoisotopic (exact) mass is 315 g/mol. The van der Waals surface area contributed by atoms with Crippen LogP contribution < -0.4 is 5.32 Å². The average Bonchev–Trinajstić information content (AvgIpc) is 2.34. The number of nitrogens with one attached hydrogen (secondary N) is 1. The van der Waals surface area contributed by atoms with Crippen molar-refractivity contribution in [1.82, 2.24) is 0 Å². The number of benzene rings is 1. The van der Waals surface area contributed by atoms with Gasteiger partial charge in [0.2, 0.25) is 0 Å². The molecule has 0 aromatic heterocycles. The molecule has 2 atom stereocenters. The van der Waals surface area contributed by atoms with Crippen molar-refractivity contribution in [3.8, 4) is 0 Å². The first-order valence-electron chi connectivity index (χ1n) is 6.00. The van der Waals surface area contributed by atoms with Gasteiger partial charge >= 0.3 is 5.97 Å². The number of carboxylic acids is 1. The lowest BCUT2D eigenvalue weighted by molar-refractivity contribution is -0.142. The molecular weight excluding hydrogens is 301 g/mol. The Bertz CT molecular complexity index is 453. The number of carboxylic acid groups (broad SMARTS) is 1. The van der Waals surface area contributed by atoms with Gasteiger partial charge in [-0.1, -0.05) is 22.4 Å². The summed E-state index contributed by atoms with van der Waals surface area (Å²) >= 11 is 3.30. The van der Waals surface area contributed by atoms with Crippen LogP contribution in [0.4, 0.5) is 10.1 Å². The summed E-state index contributed by atoms with van der Waals surface area (Å²) < 4.78 is 14.4. The van der Waals surface area contributed by atoms with Crippen LogP contribution in [-0.2, 0) is 4.79 Å². The molecule has 0 amide bonds. The maximum Gasteiger partial charge on any atom is 0.306 e. The molecule has 1 aliphatic rings. The van der Waals surface area contributed by atoms with Crippen molar-refractivity contribution < 1.29 is 14.3 Å². The van der Waals surface area contributed by atoms with Gasteiger partial charge in [0.15, 0.2) is 0 Å². The van der Waals surface area contributed by atoms with Gasteiger partial charge in [0.1, 0.15) is 5.82 Å². The molecule has 1 aromatic rings. The summed E-state index contributed by atoms with van der Waals surface area (Å²) in [5, 5.41) is 12.1. The highest BCUT2D eigenvalue weighted by Crippen LogP contribution is 2.28. The first-order chi connectivity index (χ1) is 8.56. The smallest absolute Gasteiger partial charge is 0.306 e. The zero-order valence-corrected chi connectivity index (χ0v) is 11.4. The SMILES string of the molecule is O=C(O)C1CCCC(Nc2cc(Br)ccc2F)C1. The van der Waals surface area contributed by atoms with E-state index in [9.17, 15) is 9.18 Å². The fourth-order valence-corrected chi connectivity index (χ4v) is 2.73. The molecule has 2 unspecified atom stereocenters. The van der Waals surface area contributed by atoms with E-state index in [1.54, 1.807) is 12.1 Å². The van der Waals surface area contributed by atoms with Crippen molar-refractivity contribution in [1.29, 1.82) is 0 Å². The van der Waals surface area contributed by atoms with Gasteiger partial charge in [-0.25, -0.2) is 4.39 Å². The fraction of sp³-hybridized carbons (Fsp3) is 0.462. The maximum atomic E-state index is 13.6. The number of anilines is 1. The minimum absolute atomic E-state index is 0.0312. The van der Waals surface area contributed by atoms with Gasteiger partial charge in [0, 0.05) is 10.5 Å². The summed E-state index contributed by atoms with van der Waals surface area (Å²) in [6.07, 6.45) is 3.02. The van der Waals surface area contributed by atoms with Gasteiger partial charge in [0.25, 0.3) is 0 Å². The third-order valence-electron chi connectivity index (χ3n) is 3.31. The lowest BCUT2D eigenvalue weighted by Gasteiger charge is -2.28. The second-order valence-corrected chi connectivity index (χ2v) is 5.58. The highest BCUT2D eigenvalue weighted by molar-refractivity contribution is 9.10. The Morgan fingerprint density at radius 3 is 2.94 bits per heavy atom. The molecular formula is C13H15BrFNO2. The molecule has 1 saturated carbocycles. The first kappa shape index (κ1) is 13.3. The van der Waals surface area contributed by atoms with E-state index in [0.29, 0.717) is 18.5 Å². The van der Waals surface area contributed by atoms with E-state index in [1.807, 2.05) is 0 Å². The van der Waals surface area contributed by atoms with Gasteiger partial charge in [-0.15, -0.1) is 0 Å². The number of aliphatic carboxylic acids is 1. The Morgan fingerprint density at radius 2 is 2.22 bits per heavy atom.